The van der Waals surface area contributed by atoms with Crippen molar-refractivity contribution in [2.75, 3.05) is 13.7 Å². The van der Waals surface area contributed by atoms with Crippen molar-refractivity contribution in [3.63, 3.8) is 0 Å². The number of methoxy groups -OCH3 is 1. The minimum absolute atomic E-state index is 0.0787. The van der Waals surface area contributed by atoms with Crippen LogP contribution in [0.3, 0.4) is 0 Å². The van der Waals surface area contributed by atoms with E-state index in [0.29, 0.717) is 24.4 Å². The van der Waals surface area contributed by atoms with E-state index in [1.165, 1.54) is 10.4 Å². The molecule has 3 rings (SSSR count). The summed E-state index contributed by atoms with van der Waals surface area (Å²) in [6, 6.07) is 21.1. The number of aliphatic hydroxyl groups is 1. The molecule has 39 heavy (non-hydrogen) atoms. The van der Waals surface area contributed by atoms with Crippen LogP contribution in [0.2, 0.25) is 5.04 Å². The van der Waals surface area contributed by atoms with Crippen molar-refractivity contribution in [1.29, 1.82) is 0 Å². The molecule has 0 saturated carbocycles. The van der Waals surface area contributed by atoms with E-state index in [1.54, 1.807) is 27.9 Å². The van der Waals surface area contributed by atoms with Crippen LogP contribution in [0.15, 0.2) is 72.0 Å². The number of rotatable bonds is 11. The van der Waals surface area contributed by atoms with Gasteiger partial charge in [0.2, 0.25) is 5.79 Å². The highest BCUT2D eigenvalue weighted by Crippen LogP contribution is 2.38. The predicted molar refractivity (Wildman–Crippen MR) is 157 cm³/mol. The van der Waals surface area contributed by atoms with Gasteiger partial charge in [0.05, 0.1) is 17.3 Å². The summed E-state index contributed by atoms with van der Waals surface area (Å²) in [4.78, 5) is 12.3. The molecule has 214 valence electrons. The molecule has 0 aliphatic carbocycles. The first kappa shape index (κ1) is 31.1. The van der Waals surface area contributed by atoms with E-state index in [2.05, 4.69) is 76.2 Å². The molecule has 7 heteroatoms. The molecule has 0 fully saturated rings. The molecule has 3 atom stereocenters. The van der Waals surface area contributed by atoms with Crippen molar-refractivity contribution in [3.8, 4) is 0 Å². The maximum Gasteiger partial charge on any atom is 0.340 e. The van der Waals surface area contributed by atoms with Gasteiger partial charge in [-0.25, -0.2) is 4.79 Å². The van der Waals surface area contributed by atoms with Gasteiger partial charge in [0, 0.05) is 34.0 Å². The number of aliphatic hydroxyl groups excluding tert-OH is 1. The van der Waals surface area contributed by atoms with Crippen molar-refractivity contribution < 1.29 is 28.5 Å². The van der Waals surface area contributed by atoms with Crippen molar-refractivity contribution in [2.24, 2.45) is 5.92 Å². The van der Waals surface area contributed by atoms with Gasteiger partial charge in [-0.2, -0.15) is 0 Å². The Morgan fingerprint density at radius 3 is 1.92 bits per heavy atom. The largest absolute Gasteiger partial charge is 0.457 e. The van der Waals surface area contributed by atoms with E-state index < -0.39 is 31.8 Å². The summed E-state index contributed by atoms with van der Waals surface area (Å²) in [7, 11) is -1.06. The number of hydrogen-bond donors (Lipinski definition) is 1. The Bertz CT molecular complexity index is 1100. The predicted octanol–water partition coefficient (Wildman–Crippen LogP) is 5.33. The van der Waals surface area contributed by atoms with Crippen LogP contribution >= 0.6 is 0 Å². The standard InChI is InChI=1S/C32H46O6Si/c1-23(21-32(8,35-9)28(33)20-27-24(2)29(34)38-31(6,7)37-27)22-36-39(30(3,4)5,25-16-12-10-13-17-25)26-18-14-11-15-19-26/h10-19,23,28,33H,20-22H2,1-9H3/t23-,28-,32-/m1/s1. The molecule has 1 aliphatic rings. The van der Waals surface area contributed by atoms with E-state index in [1.807, 2.05) is 19.1 Å². The molecular formula is C32H46O6Si. The van der Waals surface area contributed by atoms with Crippen LogP contribution in [0.1, 0.15) is 68.2 Å². The number of esters is 1. The zero-order chi connectivity index (χ0) is 29.1. The van der Waals surface area contributed by atoms with E-state index in [0.717, 1.165) is 0 Å². The van der Waals surface area contributed by atoms with Gasteiger partial charge in [-0.05, 0) is 41.6 Å². The van der Waals surface area contributed by atoms with Gasteiger partial charge in [0.1, 0.15) is 5.76 Å². The van der Waals surface area contributed by atoms with Crippen molar-refractivity contribution >= 4 is 24.7 Å². The second kappa shape index (κ2) is 12.0. The SMILES string of the molecule is CO[C@](C)(C[C@@H](C)CO[Si](c1ccccc1)(c1ccccc1)C(C)(C)C)[C@H](O)CC1=C(C)C(=O)OC(C)(C)O1. The monoisotopic (exact) mass is 554 g/mol. The van der Waals surface area contributed by atoms with Gasteiger partial charge in [-0.3, -0.25) is 0 Å². The maximum atomic E-state index is 12.3. The normalized spacial score (nSPS) is 19.1. The second-order valence-corrected chi connectivity index (χ2v) is 16.8. The van der Waals surface area contributed by atoms with Crippen LogP contribution in [-0.4, -0.2) is 50.6 Å². The molecule has 0 amide bonds. The zero-order valence-electron chi connectivity index (χ0n) is 25.0. The maximum absolute atomic E-state index is 12.3. The van der Waals surface area contributed by atoms with Crippen LogP contribution in [0, 0.1) is 5.92 Å². The highest BCUT2D eigenvalue weighted by atomic mass is 28.4. The van der Waals surface area contributed by atoms with Gasteiger partial charge < -0.3 is 23.7 Å². The van der Waals surface area contributed by atoms with Gasteiger partial charge in [-0.1, -0.05) is 88.4 Å². The van der Waals surface area contributed by atoms with E-state index in [4.69, 9.17) is 18.6 Å². The number of ether oxygens (including phenoxy) is 3. The minimum atomic E-state index is -2.67. The Morgan fingerprint density at radius 1 is 0.949 bits per heavy atom. The summed E-state index contributed by atoms with van der Waals surface area (Å²) in [6.07, 6.45) is -0.190. The van der Waals surface area contributed by atoms with Crippen molar-refractivity contribution in [2.45, 2.75) is 90.8 Å². The Labute approximate surface area is 235 Å². The summed E-state index contributed by atoms with van der Waals surface area (Å²) < 4.78 is 24.2. The number of carbonyl (C=O) groups excluding carboxylic acids is 1. The number of cyclic esters (lactones) is 1. The smallest absolute Gasteiger partial charge is 0.340 e. The molecule has 1 aliphatic heterocycles. The van der Waals surface area contributed by atoms with Crippen molar-refractivity contribution in [1.82, 2.24) is 0 Å². The average Bonchev–Trinajstić information content (AvgIpc) is 2.87. The fourth-order valence-electron chi connectivity index (χ4n) is 5.53. The van der Waals surface area contributed by atoms with Crippen LogP contribution in [0.25, 0.3) is 0 Å². The molecule has 6 nitrogen and oxygen atoms in total. The van der Waals surface area contributed by atoms with Crippen LogP contribution in [0.4, 0.5) is 0 Å². The van der Waals surface area contributed by atoms with Crippen LogP contribution in [-0.2, 0) is 23.4 Å². The Morgan fingerprint density at radius 2 is 1.46 bits per heavy atom. The summed E-state index contributed by atoms with van der Waals surface area (Å²) in [6.45, 7) is 16.4. The number of hydrogen-bond acceptors (Lipinski definition) is 6. The third-order valence-electron chi connectivity index (χ3n) is 7.74. The Hall–Kier alpha value is -2.45. The van der Waals surface area contributed by atoms with E-state index in [9.17, 15) is 9.90 Å². The second-order valence-electron chi connectivity index (χ2n) is 12.5. The van der Waals surface area contributed by atoms with E-state index in [-0.39, 0.29) is 17.4 Å². The lowest BCUT2D eigenvalue weighted by Gasteiger charge is -2.44. The molecule has 2 aromatic rings. The molecule has 0 saturated heterocycles. The minimum Gasteiger partial charge on any atom is -0.457 e. The van der Waals surface area contributed by atoms with Crippen LogP contribution in [0.5, 0.6) is 0 Å². The molecule has 0 spiro atoms. The lowest BCUT2D eigenvalue weighted by Crippen LogP contribution is -2.67. The fourth-order valence-corrected chi connectivity index (χ4v) is 10.2. The highest BCUT2D eigenvalue weighted by molar-refractivity contribution is 6.99. The molecule has 0 unspecified atom stereocenters. The Kier molecular flexibility index (Phi) is 9.53. The van der Waals surface area contributed by atoms with Gasteiger partial charge in [-0.15, -0.1) is 0 Å². The lowest BCUT2D eigenvalue weighted by atomic mass is 9.86. The first-order valence-corrected chi connectivity index (χ1v) is 15.7. The van der Waals surface area contributed by atoms with Crippen molar-refractivity contribution in [3.05, 3.63) is 72.0 Å². The summed E-state index contributed by atoms with van der Waals surface area (Å²) in [5.41, 5.74) is -0.508. The molecule has 0 aromatic heterocycles. The number of carbonyl (C=O) groups is 1. The molecule has 1 N–H and O–H groups in total. The summed E-state index contributed by atoms with van der Waals surface area (Å²) >= 11 is 0. The molecular weight excluding hydrogens is 508 g/mol. The first-order valence-electron chi connectivity index (χ1n) is 13.8. The van der Waals surface area contributed by atoms with Gasteiger partial charge in [0.25, 0.3) is 8.32 Å². The fraction of sp³-hybridized carbons (Fsp3) is 0.531. The summed E-state index contributed by atoms with van der Waals surface area (Å²) in [5.74, 6) is -0.996. The molecule has 0 radical (unpaired) electrons. The third-order valence-corrected chi connectivity index (χ3v) is 12.7. The van der Waals surface area contributed by atoms with Gasteiger partial charge >= 0.3 is 5.97 Å². The Balaban J connectivity index is 1.84. The molecule has 0 bridgehead atoms. The third kappa shape index (κ3) is 6.83. The topological polar surface area (TPSA) is 74.2 Å². The quantitative estimate of drug-likeness (QED) is 0.299. The number of benzene rings is 2. The first-order chi connectivity index (χ1) is 18.1. The zero-order valence-corrected chi connectivity index (χ0v) is 26.0. The molecule has 1 heterocycles. The lowest BCUT2D eigenvalue weighted by molar-refractivity contribution is -0.211. The van der Waals surface area contributed by atoms with Crippen LogP contribution < -0.4 is 10.4 Å². The summed E-state index contributed by atoms with van der Waals surface area (Å²) in [5, 5.41) is 13.7. The average molecular weight is 555 g/mol. The molecule has 2 aromatic carbocycles. The van der Waals surface area contributed by atoms with Gasteiger partial charge in [0.15, 0.2) is 0 Å². The van der Waals surface area contributed by atoms with E-state index >= 15 is 0 Å². The highest BCUT2D eigenvalue weighted by Gasteiger charge is 2.50.